The van der Waals surface area contributed by atoms with E-state index < -0.39 is 0 Å². The largest absolute Gasteiger partial charge is 0.495 e. The van der Waals surface area contributed by atoms with Gasteiger partial charge in [0.05, 0.1) is 47.0 Å². The number of carbonyl (C=O) groups excluding carboxylic acids is 2. The fraction of sp³-hybridized carbons (Fsp3) is 0.136. The first-order valence-electron chi connectivity index (χ1n) is 9.21. The number of ether oxygens (including phenoxy) is 1. The molecule has 0 atom stereocenters. The van der Waals surface area contributed by atoms with Crippen molar-refractivity contribution in [3.05, 3.63) is 69.4 Å². The second kappa shape index (κ2) is 8.38. The van der Waals surface area contributed by atoms with E-state index in [4.69, 9.17) is 9.15 Å². The molecule has 0 unspecified atom stereocenters. The summed E-state index contributed by atoms with van der Waals surface area (Å²) < 4.78 is 10.8. The first kappa shape index (κ1) is 19.7. The number of hydrogen-bond donors (Lipinski definition) is 2. The minimum Gasteiger partial charge on any atom is -0.495 e. The molecule has 0 saturated heterocycles. The average Bonchev–Trinajstić information content (AvgIpc) is 3.50. The van der Waals surface area contributed by atoms with Crippen LogP contribution in [0.3, 0.4) is 0 Å². The molecule has 0 bridgehead atoms. The van der Waals surface area contributed by atoms with Gasteiger partial charge in [-0.1, -0.05) is 0 Å². The number of nitrogens with one attached hydrogen (secondary N) is 2. The summed E-state index contributed by atoms with van der Waals surface area (Å²) in [6.07, 6.45) is 5.32. The molecule has 0 spiro atoms. The zero-order chi connectivity index (χ0) is 21.1. The molecule has 3 heterocycles. The Hall–Kier alpha value is -3.65. The van der Waals surface area contributed by atoms with E-state index >= 15 is 0 Å². The number of furan rings is 1. The number of thiophene rings is 1. The van der Waals surface area contributed by atoms with E-state index in [1.54, 1.807) is 43.5 Å². The highest BCUT2D eigenvalue weighted by Gasteiger charge is 2.19. The van der Waals surface area contributed by atoms with Gasteiger partial charge in [0.2, 0.25) is 0 Å². The minimum atomic E-state index is -0.273. The predicted molar refractivity (Wildman–Crippen MR) is 116 cm³/mol. The van der Waals surface area contributed by atoms with Crippen molar-refractivity contribution in [3.8, 4) is 5.75 Å². The third-order valence-corrected chi connectivity index (χ3v) is 5.69. The van der Waals surface area contributed by atoms with Gasteiger partial charge in [-0.25, -0.2) is 0 Å². The second-order valence-electron chi connectivity index (χ2n) is 6.53. The lowest BCUT2D eigenvalue weighted by molar-refractivity contribution is 0.0944. The molecule has 8 heteroatoms. The third kappa shape index (κ3) is 3.90. The van der Waals surface area contributed by atoms with E-state index in [2.05, 4.69) is 15.5 Å². The Balaban J connectivity index is 1.64. The summed E-state index contributed by atoms with van der Waals surface area (Å²) in [6, 6.07) is 10.7. The summed E-state index contributed by atoms with van der Waals surface area (Å²) in [4.78, 5) is 25.9. The summed E-state index contributed by atoms with van der Waals surface area (Å²) in [5, 5.41) is 10.8. The van der Waals surface area contributed by atoms with Crippen LogP contribution < -0.4 is 10.1 Å². The number of carbonyl (C=O) groups is 2. The average molecular weight is 421 g/mol. The maximum absolute atomic E-state index is 12.7. The fourth-order valence-corrected chi connectivity index (χ4v) is 3.89. The van der Waals surface area contributed by atoms with Gasteiger partial charge in [-0.05, 0) is 55.5 Å². The van der Waals surface area contributed by atoms with Gasteiger partial charge in [-0.3, -0.25) is 14.7 Å². The van der Waals surface area contributed by atoms with E-state index in [1.165, 1.54) is 18.4 Å². The first-order chi connectivity index (χ1) is 14.6. The second-order valence-corrected chi connectivity index (χ2v) is 7.65. The number of hydrogen-bond acceptors (Lipinski definition) is 6. The van der Waals surface area contributed by atoms with Crippen molar-refractivity contribution < 1.29 is 18.7 Å². The molecule has 30 heavy (non-hydrogen) atoms. The van der Waals surface area contributed by atoms with E-state index in [-0.39, 0.29) is 18.2 Å². The lowest BCUT2D eigenvalue weighted by atomic mass is 10.1. The van der Waals surface area contributed by atoms with Crippen molar-refractivity contribution in [3.63, 3.8) is 0 Å². The zero-order valence-corrected chi connectivity index (χ0v) is 17.2. The van der Waals surface area contributed by atoms with Crippen LogP contribution in [-0.2, 0) is 6.54 Å². The van der Waals surface area contributed by atoms with Crippen molar-refractivity contribution in [2.24, 2.45) is 0 Å². The van der Waals surface area contributed by atoms with E-state index in [9.17, 15) is 9.59 Å². The SMILES string of the molecule is COc1c(C(=O)NCc2ccco2)ccc2n[nH]c(C=Cc3ccc(C(C)=O)s3)c12. The maximum Gasteiger partial charge on any atom is 0.255 e. The summed E-state index contributed by atoms with van der Waals surface area (Å²) in [6.45, 7) is 1.83. The molecule has 4 aromatic rings. The molecule has 1 amide bonds. The Morgan fingerprint density at radius 3 is 2.80 bits per heavy atom. The molecule has 2 N–H and O–H groups in total. The molecule has 1 aromatic carbocycles. The van der Waals surface area contributed by atoms with Gasteiger partial charge in [0.15, 0.2) is 5.78 Å². The highest BCUT2D eigenvalue weighted by atomic mass is 32.1. The first-order valence-corrected chi connectivity index (χ1v) is 10.0. The lowest BCUT2D eigenvalue weighted by Crippen LogP contribution is -2.23. The summed E-state index contributed by atoms with van der Waals surface area (Å²) >= 11 is 1.42. The van der Waals surface area contributed by atoms with Gasteiger partial charge >= 0.3 is 0 Å². The third-order valence-electron chi connectivity index (χ3n) is 4.54. The number of rotatable bonds is 7. The Morgan fingerprint density at radius 2 is 2.10 bits per heavy atom. The topological polar surface area (TPSA) is 97.2 Å². The van der Waals surface area contributed by atoms with Gasteiger partial charge in [0, 0.05) is 4.88 Å². The number of Topliss-reactive ketones (excluding diaryl/α,β-unsaturated/α-hetero) is 1. The molecule has 0 aliphatic heterocycles. The Kier molecular flexibility index (Phi) is 5.49. The lowest BCUT2D eigenvalue weighted by Gasteiger charge is -2.10. The van der Waals surface area contributed by atoms with Crippen LogP contribution in [0.5, 0.6) is 5.75 Å². The Bertz CT molecular complexity index is 1230. The number of benzene rings is 1. The Morgan fingerprint density at radius 1 is 1.23 bits per heavy atom. The number of aromatic nitrogens is 2. The van der Waals surface area contributed by atoms with E-state index in [1.807, 2.05) is 18.2 Å². The number of nitrogens with zero attached hydrogens (tertiary/aromatic N) is 1. The smallest absolute Gasteiger partial charge is 0.255 e. The minimum absolute atomic E-state index is 0.0403. The standard InChI is InChI=1S/C22H19N3O4S/c1-13(26)19-10-6-15(30-19)5-8-17-20-18(25-24-17)9-7-16(21(20)28-2)22(27)23-12-14-4-3-11-29-14/h3-11H,12H2,1-2H3,(H,23,27)(H,24,25). The quantitative estimate of drug-likeness (QED) is 0.427. The molecule has 0 aliphatic carbocycles. The number of methoxy groups -OCH3 is 1. The number of fused-ring (bicyclic) bond motifs is 1. The van der Waals surface area contributed by atoms with Gasteiger partial charge in [-0.2, -0.15) is 5.10 Å². The van der Waals surface area contributed by atoms with Gasteiger partial charge in [0.25, 0.3) is 5.91 Å². The predicted octanol–water partition coefficient (Wildman–Crippen LogP) is 4.53. The molecule has 152 valence electrons. The molecular formula is C22H19N3O4S. The van der Waals surface area contributed by atoms with Gasteiger partial charge < -0.3 is 14.5 Å². The normalized spacial score (nSPS) is 11.3. The summed E-state index contributed by atoms with van der Waals surface area (Å²) in [7, 11) is 1.52. The highest BCUT2D eigenvalue weighted by molar-refractivity contribution is 7.14. The number of ketones is 1. The van der Waals surface area contributed by atoms with Gasteiger partial charge in [-0.15, -0.1) is 11.3 Å². The molecule has 4 rings (SSSR count). The van der Waals surface area contributed by atoms with Crippen LogP contribution in [0, 0.1) is 0 Å². The van der Waals surface area contributed by atoms with Crippen LogP contribution >= 0.6 is 11.3 Å². The van der Waals surface area contributed by atoms with Crippen molar-refractivity contribution in [1.82, 2.24) is 15.5 Å². The fourth-order valence-electron chi connectivity index (χ4n) is 3.09. The molecule has 0 saturated carbocycles. The summed E-state index contributed by atoms with van der Waals surface area (Å²) in [5.74, 6) is 0.869. The molecule has 7 nitrogen and oxygen atoms in total. The van der Waals surface area contributed by atoms with Crippen molar-refractivity contribution >= 4 is 46.1 Å². The number of aromatic amines is 1. The monoisotopic (exact) mass is 421 g/mol. The van der Waals surface area contributed by atoms with Crippen molar-refractivity contribution in [2.75, 3.05) is 7.11 Å². The molecule has 0 fully saturated rings. The van der Waals surface area contributed by atoms with Gasteiger partial charge in [0.1, 0.15) is 11.5 Å². The molecule has 3 aromatic heterocycles. The number of amides is 1. The van der Waals surface area contributed by atoms with Crippen molar-refractivity contribution in [2.45, 2.75) is 13.5 Å². The van der Waals surface area contributed by atoms with Crippen LogP contribution in [0.2, 0.25) is 0 Å². The zero-order valence-electron chi connectivity index (χ0n) is 16.4. The number of H-pyrrole nitrogens is 1. The van der Waals surface area contributed by atoms with Crippen LogP contribution in [-0.4, -0.2) is 29.0 Å². The van der Waals surface area contributed by atoms with E-state index in [0.29, 0.717) is 38.5 Å². The highest BCUT2D eigenvalue weighted by Crippen LogP contribution is 2.32. The van der Waals surface area contributed by atoms with Crippen molar-refractivity contribution in [1.29, 1.82) is 0 Å². The van der Waals surface area contributed by atoms with E-state index in [0.717, 1.165) is 4.88 Å². The van der Waals surface area contributed by atoms with Crippen LogP contribution in [0.15, 0.2) is 47.1 Å². The van der Waals surface area contributed by atoms with Crippen LogP contribution in [0.4, 0.5) is 0 Å². The summed E-state index contributed by atoms with van der Waals surface area (Å²) in [5.41, 5.74) is 1.80. The van der Waals surface area contributed by atoms with Crippen LogP contribution in [0.25, 0.3) is 23.1 Å². The molecule has 0 radical (unpaired) electrons. The maximum atomic E-state index is 12.7. The molecular weight excluding hydrogens is 402 g/mol. The molecule has 0 aliphatic rings. The Labute approximate surface area is 176 Å². The van der Waals surface area contributed by atoms with Crippen LogP contribution in [0.1, 0.15) is 43.3 Å².